The molecule has 0 aliphatic heterocycles. The summed E-state index contributed by atoms with van der Waals surface area (Å²) in [5, 5.41) is 18.7. The second-order valence-electron chi connectivity index (χ2n) is 4.19. The molecule has 0 amide bonds. The summed E-state index contributed by atoms with van der Waals surface area (Å²) in [5.74, 6) is 0. The van der Waals surface area contributed by atoms with Gasteiger partial charge in [0, 0.05) is 17.7 Å². The number of aromatic amines is 1. The number of nitro groups is 1. The number of benzene rings is 2. The number of fused-ring (bicyclic) bond motifs is 1. The standard InChI is InChI=1S/C14H10N4O2/c19-18(20)13-7-2-1-4-10(13)8-15-12-6-3-5-11-9-16-17-14(11)12/h1-9H,(H,16,17). The molecule has 0 saturated carbocycles. The smallest absolute Gasteiger partial charge is 0.276 e. The summed E-state index contributed by atoms with van der Waals surface area (Å²) in [6.45, 7) is 0. The SMILES string of the molecule is O=[N+]([O-])c1ccccc1C=Nc1cccc2cn[nH]c12. The number of nitrogens with one attached hydrogen (secondary N) is 1. The Hall–Kier alpha value is -3.02. The van der Waals surface area contributed by atoms with E-state index < -0.39 is 4.92 Å². The second kappa shape index (κ2) is 4.93. The zero-order valence-electron chi connectivity index (χ0n) is 10.4. The molecule has 0 atom stereocenters. The molecule has 0 saturated heterocycles. The maximum Gasteiger partial charge on any atom is 0.278 e. The topological polar surface area (TPSA) is 84.2 Å². The van der Waals surface area contributed by atoms with Crippen LogP contribution in [0, 0.1) is 10.1 Å². The van der Waals surface area contributed by atoms with Crippen molar-refractivity contribution in [1.29, 1.82) is 0 Å². The lowest BCUT2D eigenvalue weighted by atomic mass is 10.2. The van der Waals surface area contributed by atoms with Crippen molar-refractivity contribution in [2.45, 2.75) is 0 Å². The third kappa shape index (κ3) is 2.14. The minimum absolute atomic E-state index is 0.0352. The van der Waals surface area contributed by atoms with Crippen LogP contribution in [0.4, 0.5) is 11.4 Å². The predicted molar refractivity (Wildman–Crippen MR) is 76.4 cm³/mol. The number of hydrogen-bond acceptors (Lipinski definition) is 4. The van der Waals surface area contributed by atoms with Crippen LogP contribution < -0.4 is 0 Å². The molecule has 98 valence electrons. The Morgan fingerprint density at radius 2 is 2.05 bits per heavy atom. The van der Waals surface area contributed by atoms with Gasteiger partial charge in [0.25, 0.3) is 5.69 Å². The van der Waals surface area contributed by atoms with Gasteiger partial charge in [-0.1, -0.05) is 24.3 Å². The first kappa shape index (κ1) is 12.0. The van der Waals surface area contributed by atoms with E-state index in [1.165, 1.54) is 12.3 Å². The third-order valence-electron chi connectivity index (χ3n) is 2.93. The zero-order chi connectivity index (χ0) is 13.9. The van der Waals surface area contributed by atoms with E-state index in [9.17, 15) is 10.1 Å². The number of hydrogen-bond donors (Lipinski definition) is 1. The van der Waals surface area contributed by atoms with Crippen molar-refractivity contribution in [2.75, 3.05) is 0 Å². The van der Waals surface area contributed by atoms with E-state index in [2.05, 4.69) is 15.2 Å². The molecule has 0 unspecified atom stereocenters. The first-order valence-electron chi connectivity index (χ1n) is 5.95. The van der Waals surface area contributed by atoms with Crippen molar-refractivity contribution >= 4 is 28.5 Å². The molecule has 0 fully saturated rings. The monoisotopic (exact) mass is 266 g/mol. The van der Waals surface area contributed by atoms with Crippen molar-refractivity contribution < 1.29 is 4.92 Å². The molecule has 1 N–H and O–H groups in total. The van der Waals surface area contributed by atoms with Crippen molar-refractivity contribution in [1.82, 2.24) is 10.2 Å². The number of para-hydroxylation sites is 2. The molecule has 0 aliphatic rings. The molecule has 0 bridgehead atoms. The predicted octanol–water partition coefficient (Wildman–Crippen LogP) is 3.22. The van der Waals surface area contributed by atoms with Gasteiger partial charge in [-0.3, -0.25) is 20.2 Å². The van der Waals surface area contributed by atoms with E-state index in [1.807, 2.05) is 18.2 Å². The van der Waals surface area contributed by atoms with Gasteiger partial charge in [0.1, 0.15) is 0 Å². The molecule has 3 rings (SSSR count). The number of nitrogens with zero attached hydrogens (tertiary/aromatic N) is 3. The van der Waals surface area contributed by atoms with E-state index in [0.29, 0.717) is 11.3 Å². The highest BCUT2D eigenvalue weighted by Gasteiger charge is 2.10. The molecule has 20 heavy (non-hydrogen) atoms. The van der Waals surface area contributed by atoms with Crippen LogP contribution in [-0.4, -0.2) is 21.3 Å². The van der Waals surface area contributed by atoms with Gasteiger partial charge in [-0.05, 0) is 12.1 Å². The zero-order valence-corrected chi connectivity index (χ0v) is 10.4. The number of aliphatic imine (C=N–C) groups is 1. The van der Waals surface area contributed by atoms with Crippen LogP contribution >= 0.6 is 0 Å². The number of aromatic nitrogens is 2. The summed E-state index contributed by atoms with van der Waals surface area (Å²) >= 11 is 0. The summed E-state index contributed by atoms with van der Waals surface area (Å²) in [6, 6.07) is 12.1. The largest absolute Gasteiger partial charge is 0.278 e. The molecule has 0 radical (unpaired) electrons. The molecular weight excluding hydrogens is 256 g/mol. The van der Waals surface area contributed by atoms with Crippen molar-refractivity contribution in [3.63, 3.8) is 0 Å². The summed E-state index contributed by atoms with van der Waals surface area (Å²) < 4.78 is 0. The van der Waals surface area contributed by atoms with Crippen LogP contribution in [-0.2, 0) is 0 Å². The first-order chi connectivity index (χ1) is 9.75. The third-order valence-corrected chi connectivity index (χ3v) is 2.93. The van der Waals surface area contributed by atoms with Gasteiger partial charge in [-0.25, -0.2) is 0 Å². The fourth-order valence-corrected chi connectivity index (χ4v) is 1.96. The Balaban J connectivity index is 2.03. The van der Waals surface area contributed by atoms with Gasteiger partial charge in [-0.15, -0.1) is 0 Å². The Kier molecular flexibility index (Phi) is 2.96. The van der Waals surface area contributed by atoms with E-state index >= 15 is 0 Å². The van der Waals surface area contributed by atoms with Gasteiger partial charge in [0.2, 0.25) is 0 Å². The van der Waals surface area contributed by atoms with Crippen molar-refractivity contribution in [3.8, 4) is 0 Å². The minimum atomic E-state index is -0.419. The lowest BCUT2D eigenvalue weighted by Crippen LogP contribution is -1.93. The lowest BCUT2D eigenvalue weighted by molar-refractivity contribution is -0.385. The van der Waals surface area contributed by atoms with E-state index in [-0.39, 0.29) is 5.69 Å². The van der Waals surface area contributed by atoms with Gasteiger partial charge in [-0.2, -0.15) is 5.10 Å². The van der Waals surface area contributed by atoms with Crippen LogP contribution in [0.2, 0.25) is 0 Å². The molecular formula is C14H10N4O2. The van der Waals surface area contributed by atoms with Crippen LogP contribution in [0.25, 0.3) is 10.9 Å². The molecule has 1 heterocycles. The maximum atomic E-state index is 10.9. The Labute approximate surface area is 113 Å². The fraction of sp³-hybridized carbons (Fsp3) is 0. The van der Waals surface area contributed by atoms with Gasteiger partial charge < -0.3 is 0 Å². The summed E-state index contributed by atoms with van der Waals surface area (Å²) in [4.78, 5) is 14.8. The molecule has 3 aromatic rings. The normalized spacial score (nSPS) is 11.2. The van der Waals surface area contributed by atoms with Gasteiger partial charge in [0.05, 0.1) is 27.9 Å². The number of nitro benzene ring substituents is 1. The highest BCUT2D eigenvalue weighted by Crippen LogP contribution is 2.24. The molecule has 6 heteroatoms. The number of H-pyrrole nitrogens is 1. The minimum Gasteiger partial charge on any atom is -0.276 e. The highest BCUT2D eigenvalue weighted by molar-refractivity contribution is 5.93. The molecule has 1 aromatic heterocycles. The average molecular weight is 266 g/mol. The number of rotatable bonds is 3. The summed E-state index contributed by atoms with van der Waals surface area (Å²) in [6.07, 6.45) is 3.20. The Morgan fingerprint density at radius 1 is 1.20 bits per heavy atom. The van der Waals surface area contributed by atoms with Crippen LogP contribution in [0.1, 0.15) is 5.56 Å². The molecule has 2 aromatic carbocycles. The van der Waals surface area contributed by atoms with Crippen LogP contribution in [0.15, 0.2) is 53.7 Å². The van der Waals surface area contributed by atoms with Crippen LogP contribution in [0.3, 0.4) is 0 Å². The average Bonchev–Trinajstić information content (AvgIpc) is 2.94. The van der Waals surface area contributed by atoms with E-state index in [1.54, 1.807) is 24.4 Å². The van der Waals surface area contributed by atoms with Crippen molar-refractivity contribution in [2.24, 2.45) is 4.99 Å². The molecule has 0 spiro atoms. The van der Waals surface area contributed by atoms with E-state index in [0.717, 1.165) is 10.9 Å². The second-order valence-corrected chi connectivity index (χ2v) is 4.19. The Bertz CT molecular complexity index is 808. The Morgan fingerprint density at radius 3 is 2.90 bits per heavy atom. The lowest BCUT2D eigenvalue weighted by Gasteiger charge is -1.97. The quantitative estimate of drug-likeness (QED) is 0.448. The van der Waals surface area contributed by atoms with Crippen molar-refractivity contribution in [3.05, 3.63) is 64.3 Å². The highest BCUT2D eigenvalue weighted by atomic mass is 16.6. The molecule has 0 aliphatic carbocycles. The van der Waals surface area contributed by atoms with Crippen LogP contribution in [0.5, 0.6) is 0 Å². The first-order valence-corrected chi connectivity index (χ1v) is 5.95. The summed E-state index contributed by atoms with van der Waals surface area (Å²) in [5.41, 5.74) is 2.00. The van der Waals surface area contributed by atoms with Gasteiger partial charge in [0.15, 0.2) is 0 Å². The maximum absolute atomic E-state index is 10.9. The van der Waals surface area contributed by atoms with Gasteiger partial charge >= 0.3 is 0 Å². The van der Waals surface area contributed by atoms with E-state index in [4.69, 9.17) is 0 Å². The summed E-state index contributed by atoms with van der Waals surface area (Å²) in [7, 11) is 0. The fourth-order valence-electron chi connectivity index (χ4n) is 1.96. The molecule has 6 nitrogen and oxygen atoms in total.